The highest BCUT2D eigenvalue weighted by molar-refractivity contribution is 7.16. The van der Waals surface area contributed by atoms with E-state index in [2.05, 4.69) is 21.8 Å². The van der Waals surface area contributed by atoms with E-state index < -0.39 is 11.6 Å². The number of nitrogens with zero attached hydrogens (tertiary/aromatic N) is 3. The Kier molecular flexibility index (Phi) is 4.95. The van der Waals surface area contributed by atoms with Crippen LogP contribution in [0.3, 0.4) is 0 Å². The molecule has 0 radical (unpaired) electrons. The Morgan fingerprint density at radius 1 is 1.04 bits per heavy atom. The van der Waals surface area contributed by atoms with E-state index in [0.29, 0.717) is 25.1 Å². The number of aromatic nitrogens is 1. The Hall–Kier alpha value is -3.04. The number of thiazole rings is 1. The van der Waals surface area contributed by atoms with Crippen molar-refractivity contribution in [3.05, 3.63) is 82.0 Å². The zero-order chi connectivity index (χ0) is 18.6. The standard InChI is InChI=1S/C21H15F2N3S/c22-17-10-9-16(11-18(17)23)12-26-13-19-21(24-14-26)27-20(25-19)8-4-7-15-5-2-1-3-6-15/h1-3,5-6,9-11,14H,7,12-13H2. The van der Waals surface area contributed by atoms with Gasteiger partial charge in [-0.3, -0.25) is 0 Å². The van der Waals surface area contributed by atoms with E-state index in [1.54, 1.807) is 12.4 Å². The summed E-state index contributed by atoms with van der Waals surface area (Å²) in [4.78, 5) is 10.9. The summed E-state index contributed by atoms with van der Waals surface area (Å²) >= 11 is 1.46. The summed E-state index contributed by atoms with van der Waals surface area (Å²) in [6.45, 7) is 1.00. The smallest absolute Gasteiger partial charge is 0.169 e. The van der Waals surface area contributed by atoms with E-state index >= 15 is 0 Å². The number of halogens is 2. The van der Waals surface area contributed by atoms with Gasteiger partial charge in [0.05, 0.1) is 18.6 Å². The molecule has 0 atom stereocenters. The second-order valence-corrected chi connectivity index (χ2v) is 7.11. The van der Waals surface area contributed by atoms with E-state index in [-0.39, 0.29) is 0 Å². The molecule has 0 saturated carbocycles. The highest BCUT2D eigenvalue weighted by Crippen LogP contribution is 2.31. The quantitative estimate of drug-likeness (QED) is 0.618. The van der Waals surface area contributed by atoms with E-state index in [9.17, 15) is 8.78 Å². The van der Waals surface area contributed by atoms with Crippen LogP contribution < -0.4 is 0 Å². The number of rotatable bonds is 3. The van der Waals surface area contributed by atoms with Crippen LogP contribution in [-0.2, 0) is 19.5 Å². The first-order valence-corrected chi connectivity index (χ1v) is 9.24. The lowest BCUT2D eigenvalue weighted by Gasteiger charge is -2.21. The summed E-state index contributed by atoms with van der Waals surface area (Å²) < 4.78 is 26.4. The van der Waals surface area contributed by atoms with Crippen molar-refractivity contribution in [2.24, 2.45) is 4.99 Å². The zero-order valence-corrected chi connectivity index (χ0v) is 15.1. The van der Waals surface area contributed by atoms with Gasteiger partial charge in [-0.1, -0.05) is 53.7 Å². The summed E-state index contributed by atoms with van der Waals surface area (Å²) in [6.07, 6.45) is 2.39. The summed E-state index contributed by atoms with van der Waals surface area (Å²) in [6, 6.07) is 14.0. The second kappa shape index (κ2) is 7.68. The lowest BCUT2D eigenvalue weighted by Crippen LogP contribution is -2.23. The minimum absolute atomic E-state index is 0.437. The van der Waals surface area contributed by atoms with Crippen molar-refractivity contribution in [1.82, 2.24) is 9.88 Å². The molecule has 3 aromatic rings. The van der Waals surface area contributed by atoms with Gasteiger partial charge in [0.25, 0.3) is 0 Å². The second-order valence-electron chi connectivity index (χ2n) is 6.13. The molecule has 0 N–H and O–H groups in total. The molecule has 0 saturated heterocycles. The summed E-state index contributed by atoms with van der Waals surface area (Å²) in [5.41, 5.74) is 2.71. The Balaban J connectivity index is 1.42. The number of fused-ring (bicyclic) bond motifs is 1. The normalized spacial score (nSPS) is 12.4. The fourth-order valence-corrected chi connectivity index (χ4v) is 3.55. The number of hydrogen-bond acceptors (Lipinski definition) is 4. The van der Waals surface area contributed by atoms with Gasteiger partial charge in [0.2, 0.25) is 0 Å². The Bertz CT molecular complexity index is 1050. The molecule has 2 aromatic carbocycles. The molecule has 6 heteroatoms. The molecule has 0 bridgehead atoms. The molecule has 0 unspecified atom stereocenters. The van der Waals surface area contributed by atoms with Gasteiger partial charge in [-0.15, -0.1) is 0 Å². The van der Waals surface area contributed by atoms with Crippen LogP contribution in [0.1, 0.15) is 21.8 Å². The summed E-state index contributed by atoms with van der Waals surface area (Å²) in [5, 5.41) is 1.59. The zero-order valence-electron chi connectivity index (χ0n) is 14.3. The SMILES string of the molecule is Fc1ccc(CN2C=Nc3sc(C#CCc4ccccc4)nc3C2)cc1F. The number of hydrogen-bond donors (Lipinski definition) is 0. The molecule has 1 aliphatic heterocycles. The molecule has 1 aromatic heterocycles. The third-order valence-corrected chi connectivity index (χ3v) is 4.99. The molecule has 3 nitrogen and oxygen atoms in total. The average molecular weight is 379 g/mol. The van der Waals surface area contributed by atoms with Gasteiger partial charge < -0.3 is 4.90 Å². The van der Waals surface area contributed by atoms with Crippen LogP contribution in [0.15, 0.2) is 53.5 Å². The van der Waals surface area contributed by atoms with Gasteiger partial charge in [-0.2, -0.15) is 0 Å². The fourth-order valence-electron chi connectivity index (χ4n) is 2.76. The lowest BCUT2D eigenvalue weighted by atomic mass is 10.2. The molecule has 0 amide bonds. The van der Waals surface area contributed by atoms with Crippen molar-refractivity contribution in [2.45, 2.75) is 19.5 Å². The van der Waals surface area contributed by atoms with Crippen LogP contribution in [-0.4, -0.2) is 16.2 Å². The maximum absolute atomic E-state index is 13.4. The van der Waals surface area contributed by atoms with E-state index in [4.69, 9.17) is 0 Å². The van der Waals surface area contributed by atoms with Gasteiger partial charge in [0.15, 0.2) is 16.6 Å². The van der Waals surface area contributed by atoms with Gasteiger partial charge in [0, 0.05) is 13.0 Å². The monoisotopic (exact) mass is 379 g/mol. The molecule has 2 heterocycles. The van der Waals surface area contributed by atoms with Crippen molar-refractivity contribution >= 4 is 22.7 Å². The van der Waals surface area contributed by atoms with Crippen LogP contribution in [0.4, 0.5) is 13.8 Å². The van der Waals surface area contributed by atoms with E-state index in [1.165, 1.54) is 23.0 Å². The molecule has 4 rings (SSSR count). The van der Waals surface area contributed by atoms with Crippen LogP contribution in [0.5, 0.6) is 0 Å². The van der Waals surface area contributed by atoms with Gasteiger partial charge in [-0.05, 0) is 29.2 Å². The highest BCUT2D eigenvalue weighted by Gasteiger charge is 2.17. The predicted molar refractivity (Wildman–Crippen MR) is 103 cm³/mol. The van der Waals surface area contributed by atoms with Crippen LogP contribution in [0.2, 0.25) is 0 Å². The minimum Gasteiger partial charge on any atom is -0.352 e. The largest absolute Gasteiger partial charge is 0.352 e. The molecular weight excluding hydrogens is 364 g/mol. The third-order valence-electron chi connectivity index (χ3n) is 4.07. The van der Waals surface area contributed by atoms with Gasteiger partial charge in [0.1, 0.15) is 5.00 Å². The minimum atomic E-state index is -0.841. The van der Waals surface area contributed by atoms with Crippen LogP contribution >= 0.6 is 11.3 Å². The van der Waals surface area contributed by atoms with Crippen molar-refractivity contribution < 1.29 is 8.78 Å². The molecule has 27 heavy (non-hydrogen) atoms. The fraction of sp³-hybridized carbons (Fsp3) is 0.143. The van der Waals surface area contributed by atoms with Crippen molar-refractivity contribution in [3.63, 3.8) is 0 Å². The molecule has 1 aliphatic rings. The summed E-state index contributed by atoms with van der Waals surface area (Å²) in [5.74, 6) is 4.57. The Morgan fingerprint density at radius 2 is 1.89 bits per heavy atom. The molecule has 0 fully saturated rings. The first-order chi connectivity index (χ1) is 13.2. The Labute approximate surface area is 160 Å². The summed E-state index contributed by atoms with van der Waals surface area (Å²) in [7, 11) is 0. The van der Waals surface area contributed by atoms with Gasteiger partial charge in [-0.25, -0.2) is 18.8 Å². The molecule has 0 spiro atoms. The van der Waals surface area contributed by atoms with Gasteiger partial charge >= 0.3 is 0 Å². The Morgan fingerprint density at radius 3 is 2.70 bits per heavy atom. The van der Waals surface area contributed by atoms with E-state index in [0.717, 1.165) is 21.8 Å². The highest BCUT2D eigenvalue weighted by atomic mass is 32.1. The van der Waals surface area contributed by atoms with E-state index in [1.807, 2.05) is 35.2 Å². The van der Waals surface area contributed by atoms with Crippen molar-refractivity contribution in [1.29, 1.82) is 0 Å². The number of benzene rings is 2. The molecular formula is C21H15F2N3S. The first-order valence-electron chi connectivity index (χ1n) is 8.42. The predicted octanol–water partition coefficient (Wildman–Crippen LogP) is 4.69. The lowest BCUT2D eigenvalue weighted by molar-refractivity contribution is 0.407. The topological polar surface area (TPSA) is 28.5 Å². The third kappa shape index (κ3) is 4.21. The van der Waals surface area contributed by atoms with Crippen molar-refractivity contribution in [2.75, 3.05) is 0 Å². The maximum Gasteiger partial charge on any atom is 0.169 e. The molecule has 0 aliphatic carbocycles. The first kappa shape index (κ1) is 17.4. The van der Waals surface area contributed by atoms with Crippen molar-refractivity contribution in [3.8, 4) is 11.8 Å². The number of aliphatic imine (C=N–C) groups is 1. The average Bonchev–Trinajstić information content (AvgIpc) is 3.08. The van der Waals surface area contributed by atoms with Crippen LogP contribution in [0, 0.1) is 23.5 Å². The molecule has 134 valence electrons. The van der Waals surface area contributed by atoms with Crippen LogP contribution in [0.25, 0.3) is 0 Å². The maximum atomic E-state index is 13.4.